The summed E-state index contributed by atoms with van der Waals surface area (Å²) < 4.78 is 9.10. The Bertz CT molecular complexity index is 522. The van der Waals surface area contributed by atoms with Gasteiger partial charge in [-0.05, 0) is 26.0 Å². The highest BCUT2D eigenvalue weighted by Gasteiger charge is 2.31. The summed E-state index contributed by atoms with van der Waals surface area (Å²) >= 11 is 0. The SMILES string of the molecule is COC(=O)c1ccc(C(=O)NC(C)(C)C(=O)OC)nc1. The molecule has 0 aliphatic heterocycles. The Hall–Kier alpha value is -2.44. The molecule has 0 unspecified atom stereocenters. The minimum atomic E-state index is -1.17. The number of amides is 1. The van der Waals surface area contributed by atoms with Gasteiger partial charge in [0.1, 0.15) is 11.2 Å². The number of hydrogen-bond donors (Lipinski definition) is 1. The van der Waals surface area contributed by atoms with Gasteiger partial charge in [0.25, 0.3) is 5.91 Å². The van der Waals surface area contributed by atoms with Crippen molar-refractivity contribution in [2.45, 2.75) is 19.4 Å². The summed E-state index contributed by atoms with van der Waals surface area (Å²) in [6, 6.07) is 2.79. The van der Waals surface area contributed by atoms with Gasteiger partial charge in [-0.2, -0.15) is 0 Å². The van der Waals surface area contributed by atoms with E-state index < -0.39 is 23.4 Å². The van der Waals surface area contributed by atoms with Gasteiger partial charge in [-0.1, -0.05) is 0 Å². The lowest BCUT2D eigenvalue weighted by molar-refractivity contribution is -0.146. The van der Waals surface area contributed by atoms with Crippen molar-refractivity contribution in [3.05, 3.63) is 29.6 Å². The molecule has 0 saturated carbocycles. The third-order valence-corrected chi connectivity index (χ3v) is 2.54. The van der Waals surface area contributed by atoms with Crippen molar-refractivity contribution >= 4 is 17.8 Å². The Balaban J connectivity index is 2.83. The zero-order valence-electron chi connectivity index (χ0n) is 11.7. The zero-order chi connectivity index (χ0) is 15.3. The number of aromatic nitrogens is 1. The average Bonchev–Trinajstić information content (AvgIpc) is 2.45. The molecule has 1 heterocycles. The lowest BCUT2D eigenvalue weighted by atomic mass is 10.1. The van der Waals surface area contributed by atoms with E-state index in [9.17, 15) is 14.4 Å². The Labute approximate surface area is 116 Å². The van der Waals surface area contributed by atoms with E-state index in [0.29, 0.717) is 0 Å². The summed E-state index contributed by atoms with van der Waals surface area (Å²) in [6.45, 7) is 3.03. The number of pyridine rings is 1. The van der Waals surface area contributed by atoms with E-state index in [2.05, 4.69) is 19.8 Å². The first-order valence-electron chi connectivity index (χ1n) is 5.77. The molecule has 0 bridgehead atoms. The van der Waals surface area contributed by atoms with Crippen molar-refractivity contribution in [2.75, 3.05) is 14.2 Å². The minimum Gasteiger partial charge on any atom is -0.467 e. The maximum atomic E-state index is 11.9. The van der Waals surface area contributed by atoms with E-state index in [1.165, 1.54) is 46.4 Å². The van der Waals surface area contributed by atoms with Crippen LogP contribution in [0.4, 0.5) is 0 Å². The fourth-order valence-corrected chi connectivity index (χ4v) is 1.42. The van der Waals surface area contributed by atoms with Crippen LogP contribution in [0.25, 0.3) is 0 Å². The molecule has 0 aliphatic carbocycles. The van der Waals surface area contributed by atoms with Crippen LogP contribution in [0, 0.1) is 0 Å². The van der Waals surface area contributed by atoms with Gasteiger partial charge in [0, 0.05) is 6.20 Å². The first kappa shape index (κ1) is 15.6. The van der Waals surface area contributed by atoms with Crippen molar-refractivity contribution in [1.29, 1.82) is 0 Å². The first-order valence-corrected chi connectivity index (χ1v) is 5.77. The van der Waals surface area contributed by atoms with Crippen molar-refractivity contribution in [1.82, 2.24) is 10.3 Å². The van der Waals surface area contributed by atoms with Crippen LogP contribution in [0.2, 0.25) is 0 Å². The Kier molecular flexibility index (Phi) is 4.79. The van der Waals surface area contributed by atoms with Gasteiger partial charge in [-0.25, -0.2) is 9.59 Å². The quantitative estimate of drug-likeness (QED) is 0.809. The number of nitrogens with zero attached hydrogens (tertiary/aromatic N) is 1. The van der Waals surface area contributed by atoms with Gasteiger partial charge in [0.15, 0.2) is 0 Å². The predicted molar refractivity (Wildman–Crippen MR) is 69.1 cm³/mol. The standard InChI is InChI=1S/C13H16N2O5/c1-13(2,12(18)20-4)15-10(16)9-6-5-8(7-14-9)11(17)19-3/h5-7H,1-4H3,(H,15,16). The Morgan fingerprint density at radius 2 is 1.80 bits per heavy atom. The average molecular weight is 280 g/mol. The fourth-order valence-electron chi connectivity index (χ4n) is 1.42. The van der Waals surface area contributed by atoms with E-state index in [1.54, 1.807) is 0 Å². The monoisotopic (exact) mass is 280 g/mol. The lowest BCUT2D eigenvalue weighted by Gasteiger charge is -2.22. The van der Waals surface area contributed by atoms with Crippen LogP contribution in [0.15, 0.2) is 18.3 Å². The first-order chi connectivity index (χ1) is 9.31. The largest absolute Gasteiger partial charge is 0.467 e. The van der Waals surface area contributed by atoms with Crippen LogP contribution in [0.1, 0.15) is 34.7 Å². The molecular weight excluding hydrogens is 264 g/mol. The van der Waals surface area contributed by atoms with Crippen LogP contribution in [-0.2, 0) is 14.3 Å². The number of hydrogen-bond acceptors (Lipinski definition) is 6. The minimum absolute atomic E-state index is 0.0784. The Morgan fingerprint density at radius 3 is 2.25 bits per heavy atom. The molecule has 7 nitrogen and oxygen atoms in total. The molecule has 20 heavy (non-hydrogen) atoms. The number of ether oxygens (including phenoxy) is 2. The van der Waals surface area contributed by atoms with Gasteiger partial charge in [0.2, 0.25) is 0 Å². The highest BCUT2D eigenvalue weighted by Crippen LogP contribution is 2.07. The molecule has 1 aromatic rings. The molecule has 0 spiro atoms. The van der Waals surface area contributed by atoms with E-state index in [0.717, 1.165) is 0 Å². The second kappa shape index (κ2) is 6.14. The predicted octanol–water partition coefficient (Wildman–Crippen LogP) is 0.550. The Morgan fingerprint density at radius 1 is 1.15 bits per heavy atom. The van der Waals surface area contributed by atoms with Crippen LogP contribution in [-0.4, -0.2) is 42.6 Å². The number of methoxy groups -OCH3 is 2. The molecule has 0 aromatic carbocycles. The van der Waals surface area contributed by atoms with E-state index in [1.807, 2.05) is 0 Å². The smallest absolute Gasteiger partial charge is 0.339 e. The third kappa shape index (κ3) is 3.53. The molecule has 1 rings (SSSR count). The van der Waals surface area contributed by atoms with Crippen molar-refractivity contribution in [2.24, 2.45) is 0 Å². The normalized spacial score (nSPS) is 10.6. The second-order valence-electron chi connectivity index (χ2n) is 4.49. The highest BCUT2D eigenvalue weighted by molar-refractivity contribution is 5.97. The van der Waals surface area contributed by atoms with Gasteiger partial charge >= 0.3 is 11.9 Å². The summed E-state index contributed by atoms with van der Waals surface area (Å²) in [7, 11) is 2.49. The summed E-state index contributed by atoms with van der Waals surface area (Å²) in [4.78, 5) is 38.5. The van der Waals surface area contributed by atoms with Gasteiger partial charge in [0.05, 0.1) is 19.8 Å². The van der Waals surface area contributed by atoms with Gasteiger partial charge < -0.3 is 14.8 Å². The van der Waals surface area contributed by atoms with E-state index >= 15 is 0 Å². The molecule has 7 heteroatoms. The number of esters is 2. The molecule has 0 fully saturated rings. The van der Waals surface area contributed by atoms with E-state index in [4.69, 9.17) is 0 Å². The van der Waals surface area contributed by atoms with Crippen molar-refractivity contribution < 1.29 is 23.9 Å². The summed E-state index contributed by atoms with van der Waals surface area (Å²) in [5.74, 6) is -1.66. The van der Waals surface area contributed by atoms with Crippen molar-refractivity contribution in [3.8, 4) is 0 Å². The molecule has 1 amide bonds. The topological polar surface area (TPSA) is 94.6 Å². The third-order valence-electron chi connectivity index (χ3n) is 2.54. The van der Waals surface area contributed by atoms with Crippen LogP contribution in [0.3, 0.4) is 0 Å². The molecule has 0 aliphatic rings. The van der Waals surface area contributed by atoms with Crippen LogP contribution < -0.4 is 5.32 Å². The lowest BCUT2D eigenvalue weighted by Crippen LogP contribution is -2.50. The maximum Gasteiger partial charge on any atom is 0.339 e. The molecule has 0 atom stereocenters. The summed E-state index contributed by atoms with van der Waals surface area (Å²) in [6.07, 6.45) is 1.23. The second-order valence-corrected chi connectivity index (χ2v) is 4.49. The van der Waals surface area contributed by atoms with Crippen molar-refractivity contribution in [3.63, 3.8) is 0 Å². The molecule has 1 N–H and O–H groups in total. The molecule has 0 radical (unpaired) electrons. The van der Waals surface area contributed by atoms with E-state index in [-0.39, 0.29) is 11.3 Å². The molecular formula is C13H16N2O5. The zero-order valence-corrected chi connectivity index (χ0v) is 11.7. The maximum absolute atomic E-state index is 11.9. The fraction of sp³-hybridized carbons (Fsp3) is 0.385. The molecule has 108 valence electrons. The van der Waals surface area contributed by atoms with Crippen LogP contribution in [0.5, 0.6) is 0 Å². The molecule has 0 saturated heterocycles. The number of carbonyl (C=O) groups excluding carboxylic acids is 3. The highest BCUT2D eigenvalue weighted by atomic mass is 16.5. The summed E-state index contributed by atoms with van der Waals surface area (Å²) in [5, 5.41) is 2.49. The number of nitrogens with one attached hydrogen (secondary N) is 1. The van der Waals surface area contributed by atoms with Crippen LogP contribution >= 0.6 is 0 Å². The molecule has 1 aromatic heterocycles. The number of rotatable bonds is 4. The van der Waals surface area contributed by atoms with Gasteiger partial charge in [-0.15, -0.1) is 0 Å². The summed E-state index contributed by atoms with van der Waals surface area (Å²) in [5.41, 5.74) is -0.861. The number of carbonyl (C=O) groups is 3. The van der Waals surface area contributed by atoms with Gasteiger partial charge in [-0.3, -0.25) is 9.78 Å².